The molecule has 1 aliphatic carbocycles. The Labute approximate surface area is 180 Å². The summed E-state index contributed by atoms with van der Waals surface area (Å²) in [5.41, 5.74) is 7.16. The third-order valence-corrected chi connectivity index (χ3v) is 6.07. The van der Waals surface area contributed by atoms with Crippen molar-refractivity contribution >= 4 is 6.47 Å². The van der Waals surface area contributed by atoms with Crippen LogP contribution < -0.4 is 4.74 Å². The van der Waals surface area contributed by atoms with Gasteiger partial charge >= 0.3 is 0 Å². The summed E-state index contributed by atoms with van der Waals surface area (Å²) >= 11 is 0. The van der Waals surface area contributed by atoms with Crippen molar-refractivity contribution in [3.8, 4) is 11.5 Å². The zero-order chi connectivity index (χ0) is 22.1. The largest absolute Gasteiger partial charge is 0.506 e. The van der Waals surface area contributed by atoms with Gasteiger partial charge in [-0.05, 0) is 80.5 Å². The highest BCUT2D eigenvalue weighted by Crippen LogP contribution is 2.36. The highest BCUT2D eigenvalue weighted by Gasteiger charge is 2.21. The highest BCUT2D eigenvalue weighted by atomic mass is 16.5. The molecule has 1 aromatic heterocycles. The van der Waals surface area contributed by atoms with Crippen LogP contribution in [0.1, 0.15) is 85.5 Å². The van der Waals surface area contributed by atoms with Gasteiger partial charge in [-0.1, -0.05) is 26.2 Å². The van der Waals surface area contributed by atoms with Crippen LogP contribution in [0.2, 0.25) is 0 Å². The molecule has 3 rings (SSSR count). The van der Waals surface area contributed by atoms with E-state index < -0.39 is 0 Å². The fourth-order valence-electron chi connectivity index (χ4n) is 4.34. The number of benzene rings is 1. The molecular weight excluding hydrogens is 378 g/mol. The second-order valence-corrected chi connectivity index (χ2v) is 7.87. The molecule has 5 heteroatoms. The smallest absolute Gasteiger partial charge is 0.290 e. The van der Waals surface area contributed by atoms with E-state index in [4.69, 9.17) is 19.6 Å². The van der Waals surface area contributed by atoms with Gasteiger partial charge in [-0.15, -0.1) is 0 Å². The number of aromatic nitrogens is 1. The van der Waals surface area contributed by atoms with E-state index in [-0.39, 0.29) is 6.47 Å². The minimum Gasteiger partial charge on any atom is -0.506 e. The van der Waals surface area contributed by atoms with E-state index in [1.54, 1.807) is 0 Å². The van der Waals surface area contributed by atoms with Gasteiger partial charge in [-0.25, -0.2) is 0 Å². The minimum atomic E-state index is -0.250. The van der Waals surface area contributed by atoms with Gasteiger partial charge in [0, 0.05) is 18.0 Å². The Kier molecular flexibility index (Phi) is 9.15. The van der Waals surface area contributed by atoms with Crippen molar-refractivity contribution in [2.45, 2.75) is 78.6 Å². The average Bonchev–Trinajstić information content (AvgIpc) is 2.76. The maximum Gasteiger partial charge on any atom is 0.290 e. The Balaban J connectivity index is 0.00000101. The lowest BCUT2D eigenvalue weighted by atomic mass is 9.86. The van der Waals surface area contributed by atoms with Crippen LogP contribution in [0, 0.1) is 13.8 Å². The van der Waals surface area contributed by atoms with E-state index in [2.05, 4.69) is 26.8 Å². The molecule has 1 aliphatic rings. The first-order valence-electron chi connectivity index (χ1n) is 11.0. The molecule has 0 aliphatic heterocycles. The molecule has 2 N–H and O–H groups in total. The maximum atomic E-state index is 10.4. The zero-order valence-electron chi connectivity index (χ0n) is 18.7. The van der Waals surface area contributed by atoms with Crippen LogP contribution in [-0.2, 0) is 17.6 Å². The first kappa shape index (κ1) is 23.7. The topological polar surface area (TPSA) is 79.7 Å². The lowest BCUT2D eigenvalue weighted by Gasteiger charge is -2.23. The molecule has 0 unspecified atom stereocenters. The minimum absolute atomic E-state index is 0.250. The van der Waals surface area contributed by atoms with E-state index in [1.165, 1.54) is 41.5 Å². The van der Waals surface area contributed by atoms with Crippen LogP contribution in [0.25, 0.3) is 0 Å². The predicted molar refractivity (Wildman–Crippen MR) is 120 cm³/mol. The molecular formula is C25H35NO4. The van der Waals surface area contributed by atoms with Gasteiger partial charge in [0.1, 0.15) is 11.5 Å². The molecule has 0 bridgehead atoms. The normalized spacial score (nSPS) is 14.0. The second-order valence-electron chi connectivity index (χ2n) is 7.87. The molecule has 1 fully saturated rings. The number of hydrogen-bond acceptors (Lipinski definition) is 4. The van der Waals surface area contributed by atoms with Crippen LogP contribution in [0.4, 0.5) is 0 Å². The van der Waals surface area contributed by atoms with Gasteiger partial charge in [-0.3, -0.25) is 9.78 Å². The molecule has 0 spiro atoms. The number of rotatable bonds is 6. The summed E-state index contributed by atoms with van der Waals surface area (Å²) < 4.78 is 5.83. The predicted octanol–water partition coefficient (Wildman–Crippen LogP) is 5.70. The van der Waals surface area contributed by atoms with Gasteiger partial charge in [0.15, 0.2) is 0 Å². The monoisotopic (exact) mass is 413 g/mol. The van der Waals surface area contributed by atoms with Gasteiger partial charge in [0.05, 0.1) is 12.3 Å². The standard InChI is InChI=1S/C24H33NO2.CH2O2/c1-5-18-14-23(27-6-2)17(4)16(3)21(18)15-20-12-13-22(26)24(25-20)19-10-8-7-9-11-19;2-1-3/h12-14,19,26H,5-11,15H2,1-4H3;1H,(H,2,3). The number of aromatic hydroxyl groups is 1. The summed E-state index contributed by atoms with van der Waals surface area (Å²) in [5, 5.41) is 17.3. The Morgan fingerprint density at radius 3 is 2.40 bits per heavy atom. The number of hydrogen-bond donors (Lipinski definition) is 2. The Morgan fingerprint density at radius 2 is 1.80 bits per heavy atom. The Morgan fingerprint density at radius 1 is 1.13 bits per heavy atom. The molecule has 0 amide bonds. The van der Waals surface area contributed by atoms with E-state index in [0.717, 1.165) is 42.8 Å². The lowest BCUT2D eigenvalue weighted by molar-refractivity contribution is -0.122. The summed E-state index contributed by atoms with van der Waals surface area (Å²) in [4.78, 5) is 13.3. The maximum absolute atomic E-state index is 10.4. The molecule has 0 radical (unpaired) electrons. The molecule has 2 aromatic rings. The molecule has 30 heavy (non-hydrogen) atoms. The number of aryl methyl sites for hydroxylation is 1. The first-order chi connectivity index (χ1) is 14.5. The molecule has 5 nitrogen and oxygen atoms in total. The fraction of sp³-hybridized carbons (Fsp3) is 0.520. The summed E-state index contributed by atoms with van der Waals surface area (Å²) in [7, 11) is 0. The average molecular weight is 414 g/mol. The van der Waals surface area contributed by atoms with E-state index in [1.807, 2.05) is 19.1 Å². The molecule has 1 heterocycles. The van der Waals surface area contributed by atoms with Gasteiger partial charge < -0.3 is 14.9 Å². The molecule has 0 saturated heterocycles. The van der Waals surface area contributed by atoms with Crippen LogP contribution in [0.5, 0.6) is 11.5 Å². The van der Waals surface area contributed by atoms with Crippen molar-refractivity contribution in [3.63, 3.8) is 0 Å². The van der Waals surface area contributed by atoms with Crippen molar-refractivity contribution in [1.82, 2.24) is 4.98 Å². The molecule has 0 atom stereocenters. The van der Waals surface area contributed by atoms with Crippen molar-refractivity contribution in [2.24, 2.45) is 0 Å². The fourth-order valence-corrected chi connectivity index (χ4v) is 4.34. The van der Waals surface area contributed by atoms with Crippen LogP contribution in [-0.4, -0.2) is 28.3 Å². The number of nitrogens with zero attached hydrogens (tertiary/aromatic N) is 1. The summed E-state index contributed by atoms with van der Waals surface area (Å²) in [6, 6.07) is 6.02. The Hall–Kier alpha value is -2.56. The van der Waals surface area contributed by atoms with Gasteiger partial charge in [0.2, 0.25) is 0 Å². The summed E-state index contributed by atoms with van der Waals surface area (Å²) in [6.07, 6.45) is 7.87. The van der Waals surface area contributed by atoms with Crippen molar-refractivity contribution in [2.75, 3.05) is 6.61 Å². The van der Waals surface area contributed by atoms with Crippen LogP contribution >= 0.6 is 0 Å². The third-order valence-electron chi connectivity index (χ3n) is 6.07. The van der Waals surface area contributed by atoms with E-state index in [0.29, 0.717) is 18.3 Å². The number of carboxylic acid groups (broad SMARTS) is 1. The molecule has 1 aromatic carbocycles. The van der Waals surface area contributed by atoms with Crippen LogP contribution in [0.15, 0.2) is 18.2 Å². The SMILES string of the molecule is CCOc1cc(CC)c(Cc2ccc(O)c(C3CCCCC3)n2)c(C)c1C.O=CO. The van der Waals surface area contributed by atoms with E-state index in [9.17, 15) is 5.11 Å². The third kappa shape index (κ3) is 5.74. The highest BCUT2D eigenvalue weighted by molar-refractivity contribution is 5.50. The number of ether oxygens (including phenoxy) is 1. The zero-order valence-corrected chi connectivity index (χ0v) is 18.7. The van der Waals surface area contributed by atoms with Crippen molar-refractivity contribution in [3.05, 3.63) is 51.8 Å². The number of pyridine rings is 1. The first-order valence-corrected chi connectivity index (χ1v) is 11.0. The van der Waals surface area contributed by atoms with Crippen LogP contribution in [0.3, 0.4) is 0 Å². The summed E-state index contributed by atoms with van der Waals surface area (Å²) in [5.74, 6) is 1.77. The Bertz CT molecular complexity index is 842. The number of carbonyl (C=O) groups is 1. The quantitative estimate of drug-likeness (QED) is 0.594. The van der Waals surface area contributed by atoms with Crippen molar-refractivity contribution in [1.29, 1.82) is 0 Å². The van der Waals surface area contributed by atoms with Gasteiger partial charge in [-0.2, -0.15) is 0 Å². The molecule has 1 saturated carbocycles. The summed E-state index contributed by atoms with van der Waals surface area (Å²) in [6.45, 7) is 8.99. The van der Waals surface area contributed by atoms with E-state index >= 15 is 0 Å². The van der Waals surface area contributed by atoms with Crippen molar-refractivity contribution < 1.29 is 19.7 Å². The molecule has 164 valence electrons. The van der Waals surface area contributed by atoms with Gasteiger partial charge in [0.25, 0.3) is 6.47 Å². The second kappa shape index (κ2) is 11.6. The lowest BCUT2D eigenvalue weighted by Crippen LogP contribution is -2.09.